The minimum absolute atomic E-state index is 0.0792. The fraction of sp³-hybridized carbons (Fsp3) is 0.364. The highest BCUT2D eigenvalue weighted by atomic mass is 32.1. The molecule has 0 saturated carbocycles. The topological polar surface area (TPSA) is 51.5 Å². The predicted molar refractivity (Wildman–Crippen MR) is 111 cm³/mol. The van der Waals surface area contributed by atoms with E-state index < -0.39 is 0 Å². The predicted octanol–water partition coefficient (Wildman–Crippen LogP) is 4.31. The van der Waals surface area contributed by atoms with Crippen molar-refractivity contribution in [3.05, 3.63) is 58.9 Å². The summed E-state index contributed by atoms with van der Waals surface area (Å²) in [5.74, 6) is -0.858. The Morgan fingerprint density at radius 3 is 2.79 bits per heavy atom. The Morgan fingerprint density at radius 2 is 2.03 bits per heavy atom. The highest BCUT2D eigenvalue weighted by Gasteiger charge is 2.31. The summed E-state index contributed by atoms with van der Waals surface area (Å²) in [5.41, 5.74) is 1.52. The standard InChI is InChI=1S/C22H23FN2O3S/c1-2-28-22(27)17-4-3-10-24(14-17)20(26)19-12-16-9-11-29-21(16)25(19)13-15-5-7-18(23)8-6-15/h5-9,11-12,17H,2-4,10,13-14H2,1H3/t17-/m1/s1. The van der Waals surface area contributed by atoms with Crippen LogP contribution in [0.2, 0.25) is 0 Å². The van der Waals surface area contributed by atoms with E-state index in [1.54, 1.807) is 35.3 Å². The van der Waals surface area contributed by atoms with Gasteiger partial charge in [0.1, 0.15) is 16.3 Å². The number of rotatable bonds is 5. The summed E-state index contributed by atoms with van der Waals surface area (Å²) in [5, 5.41) is 3.01. The highest BCUT2D eigenvalue weighted by Crippen LogP contribution is 2.28. The first kappa shape index (κ1) is 19.6. The summed E-state index contributed by atoms with van der Waals surface area (Å²) >= 11 is 1.58. The Hall–Kier alpha value is -2.67. The summed E-state index contributed by atoms with van der Waals surface area (Å²) in [6, 6.07) is 10.2. The van der Waals surface area contributed by atoms with Crippen LogP contribution in [0.3, 0.4) is 0 Å². The monoisotopic (exact) mass is 414 g/mol. The summed E-state index contributed by atoms with van der Waals surface area (Å²) in [6.45, 7) is 3.64. The molecule has 0 N–H and O–H groups in total. The largest absolute Gasteiger partial charge is 0.466 e. The molecule has 7 heteroatoms. The Labute approximate surface area is 172 Å². The molecule has 3 heterocycles. The fourth-order valence-corrected chi connectivity index (χ4v) is 4.75. The zero-order valence-electron chi connectivity index (χ0n) is 16.3. The lowest BCUT2D eigenvalue weighted by Crippen LogP contribution is -2.43. The first-order valence-corrected chi connectivity index (χ1v) is 10.7. The van der Waals surface area contributed by atoms with Gasteiger partial charge in [0.25, 0.3) is 5.91 Å². The zero-order valence-corrected chi connectivity index (χ0v) is 17.1. The molecule has 3 aromatic rings. The van der Waals surface area contributed by atoms with E-state index in [1.807, 2.05) is 22.1 Å². The molecule has 1 aliphatic rings. The van der Waals surface area contributed by atoms with Crippen molar-refractivity contribution in [2.24, 2.45) is 5.92 Å². The number of benzene rings is 1. The average Bonchev–Trinajstić information content (AvgIpc) is 3.32. The van der Waals surface area contributed by atoms with Crippen LogP contribution in [-0.4, -0.2) is 41.0 Å². The third-order valence-electron chi connectivity index (χ3n) is 5.30. The number of thiophene rings is 1. The molecule has 0 spiro atoms. The van der Waals surface area contributed by atoms with Crippen molar-refractivity contribution in [3.8, 4) is 0 Å². The molecule has 0 bridgehead atoms. The van der Waals surface area contributed by atoms with Gasteiger partial charge in [-0.2, -0.15) is 0 Å². The van der Waals surface area contributed by atoms with Crippen molar-refractivity contribution in [1.82, 2.24) is 9.47 Å². The number of aromatic nitrogens is 1. The van der Waals surface area contributed by atoms with E-state index in [0.717, 1.165) is 28.6 Å². The van der Waals surface area contributed by atoms with E-state index in [4.69, 9.17) is 4.74 Å². The van der Waals surface area contributed by atoms with Gasteiger partial charge in [0.15, 0.2) is 0 Å². The number of fused-ring (bicyclic) bond motifs is 1. The molecule has 0 unspecified atom stereocenters. The number of hydrogen-bond acceptors (Lipinski definition) is 4. The normalized spacial score (nSPS) is 16.9. The summed E-state index contributed by atoms with van der Waals surface area (Å²) in [7, 11) is 0. The van der Waals surface area contributed by atoms with E-state index in [9.17, 15) is 14.0 Å². The van der Waals surface area contributed by atoms with Crippen molar-refractivity contribution >= 4 is 33.4 Å². The minimum atomic E-state index is -0.280. The fourth-order valence-electron chi connectivity index (χ4n) is 3.86. The molecule has 1 amide bonds. The number of hydrogen-bond donors (Lipinski definition) is 0. The lowest BCUT2D eigenvalue weighted by Gasteiger charge is -2.31. The van der Waals surface area contributed by atoms with Gasteiger partial charge >= 0.3 is 5.97 Å². The molecular formula is C22H23FN2O3S. The molecule has 5 nitrogen and oxygen atoms in total. The third kappa shape index (κ3) is 4.05. The van der Waals surface area contributed by atoms with Crippen molar-refractivity contribution < 1.29 is 18.7 Å². The van der Waals surface area contributed by atoms with Gasteiger partial charge in [-0.25, -0.2) is 4.39 Å². The van der Waals surface area contributed by atoms with Gasteiger partial charge in [-0.05, 0) is 55.0 Å². The number of piperidine rings is 1. The van der Waals surface area contributed by atoms with E-state index >= 15 is 0 Å². The van der Waals surface area contributed by atoms with Crippen molar-refractivity contribution in [2.75, 3.05) is 19.7 Å². The van der Waals surface area contributed by atoms with Gasteiger partial charge in [0.05, 0.1) is 12.5 Å². The molecule has 152 valence electrons. The van der Waals surface area contributed by atoms with Crippen LogP contribution in [0.15, 0.2) is 41.8 Å². The Kier molecular flexibility index (Phi) is 5.67. The van der Waals surface area contributed by atoms with Crippen molar-refractivity contribution in [2.45, 2.75) is 26.3 Å². The number of carbonyl (C=O) groups is 2. The van der Waals surface area contributed by atoms with Gasteiger partial charge in [0, 0.05) is 25.0 Å². The molecule has 2 aromatic heterocycles. The number of halogens is 1. The van der Waals surface area contributed by atoms with Crippen LogP contribution in [0, 0.1) is 11.7 Å². The van der Waals surface area contributed by atoms with Gasteiger partial charge in [0.2, 0.25) is 0 Å². The molecule has 29 heavy (non-hydrogen) atoms. The Bertz CT molecular complexity index is 1020. The molecule has 0 radical (unpaired) electrons. The van der Waals surface area contributed by atoms with Gasteiger partial charge in [-0.15, -0.1) is 11.3 Å². The molecular weight excluding hydrogens is 391 g/mol. The second-order valence-corrected chi connectivity index (χ2v) is 8.16. The number of nitrogens with zero attached hydrogens (tertiary/aromatic N) is 2. The maximum Gasteiger partial charge on any atom is 0.310 e. The maximum atomic E-state index is 13.4. The molecule has 4 rings (SSSR count). The molecule has 1 atom stereocenters. The van der Waals surface area contributed by atoms with E-state index in [0.29, 0.717) is 31.9 Å². The maximum absolute atomic E-state index is 13.4. The van der Waals surface area contributed by atoms with E-state index in [-0.39, 0.29) is 23.6 Å². The summed E-state index contributed by atoms with van der Waals surface area (Å²) < 4.78 is 20.4. The number of esters is 1. The van der Waals surface area contributed by atoms with Crippen LogP contribution in [0.4, 0.5) is 4.39 Å². The van der Waals surface area contributed by atoms with Gasteiger partial charge in [-0.1, -0.05) is 12.1 Å². The highest BCUT2D eigenvalue weighted by molar-refractivity contribution is 7.16. The minimum Gasteiger partial charge on any atom is -0.466 e. The van der Waals surface area contributed by atoms with Crippen LogP contribution in [0.5, 0.6) is 0 Å². The molecule has 1 aromatic carbocycles. The third-order valence-corrected chi connectivity index (χ3v) is 6.26. The first-order chi connectivity index (χ1) is 14.1. The Balaban J connectivity index is 1.61. The van der Waals surface area contributed by atoms with Crippen molar-refractivity contribution in [3.63, 3.8) is 0 Å². The van der Waals surface area contributed by atoms with E-state index in [1.165, 1.54) is 12.1 Å². The quantitative estimate of drug-likeness (QED) is 0.585. The van der Waals surface area contributed by atoms with Gasteiger partial charge in [-0.3, -0.25) is 9.59 Å². The molecule has 1 saturated heterocycles. The Morgan fingerprint density at radius 1 is 1.24 bits per heavy atom. The summed E-state index contributed by atoms with van der Waals surface area (Å²) in [4.78, 5) is 28.3. The van der Waals surface area contributed by atoms with Crippen LogP contribution in [-0.2, 0) is 16.1 Å². The molecule has 1 aliphatic heterocycles. The summed E-state index contributed by atoms with van der Waals surface area (Å²) in [6.07, 6.45) is 1.52. The second kappa shape index (κ2) is 8.37. The average molecular weight is 415 g/mol. The van der Waals surface area contributed by atoms with Crippen LogP contribution >= 0.6 is 11.3 Å². The number of ether oxygens (including phenoxy) is 1. The van der Waals surface area contributed by atoms with E-state index in [2.05, 4.69) is 0 Å². The number of amides is 1. The second-order valence-electron chi connectivity index (χ2n) is 7.27. The zero-order chi connectivity index (χ0) is 20.4. The SMILES string of the molecule is CCOC(=O)[C@@H]1CCCN(C(=O)c2cc3ccsc3n2Cc2ccc(F)cc2)C1. The first-order valence-electron chi connectivity index (χ1n) is 9.84. The molecule has 1 fully saturated rings. The molecule has 0 aliphatic carbocycles. The number of carbonyl (C=O) groups excluding carboxylic acids is 2. The van der Waals surface area contributed by atoms with Crippen LogP contribution in [0.1, 0.15) is 35.8 Å². The van der Waals surface area contributed by atoms with Crippen molar-refractivity contribution in [1.29, 1.82) is 0 Å². The smallest absolute Gasteiger partial charge is 0.310 e. The van der Waals surface area contributed by atoms with Crippen LogP contribution < -0.4 is 0 Å². The van der Waals surface area contributed by atoms with Crippen LogP contribution in [0.25, 0.3) is 10.2 Å². The number of likely N-dealkylation sites (tertiary alicyclic amines) is 1. The van der Waals surface area contributed by atoms with Gasteiger partial charge < -0.3 is 14.2 Å². The lowest BCUT2D eigenvalue weighted by molar-refractivity contribution is -0.149. The lowest BCUT2D eigenvalue weighted by atomic mass is 9.98.